The summed E-state index contributed by atoms with van der Waals surface area (Å²) in [6.07, 6.45) is 0.261. The molecule has 0 radical (unpaired) electrons. The zero-order chi connectivity index (χ0) is 19.9. The van der Waals surface area contributed by atoms with Crippen molar-refractivity contribution in [3.63, 3.8) is 0 Å². The molecule has 1 heterocycles. The first-order chi connectivity index (χ1) is 13.5. The van der Waals surface area contributed by atoms with E-state index in [2.05, 4.69) is 0 Å². The van der Waals surface area contributed by atoms with Crippen LogP contribution in [-0.2, 0) is 19.1 Å². The minimum atomic E-state index is -1.50. The maximum atomic E-state index is 12.3. The molecule has 0 fully saturated rings. The molecule has 28 heavy (non-hydrogen) atoms. The summed E-state index contributed by atoms with van der Waals surface area (Å²) in [7, 11) is 0. The van der Waals surface area contributed by atoms with Gasteiger partial charge in [0.2, 0.25) is 0 Å². The molecule has 0 unspecified atom stereocenters. The minimum Gasteiger partial charge on any atom is -0.452 e. The lowest BCUT2D eigenvalue weighted by molar-refractivity contribution is -0.164. The van der Waals surface area contributed by atoms with Crippen molar-refractivity contribution >= 4 is 18.0 Å². The summed E-state index contributed by atoms with van der Waals surface area (Å²) in [6.45, 7) is 0. The van der Waals surface area contributed by atoms with E-state index < -0.39 is 36.4 Å². The molecule has 2 aromatic rings. The zero-order valence-corrected chi connectivity index (χ0v) is 14.9. The molecule has 0 saturated heterocycles. The first-order valence-electron chi connectivity index (χ1n) is 8.78. The maximum absolute atomic E-state index is 12.3. The van der Waals surface area contributed by atoms with Crippen molar-refractivity contribution in [3.8, 4) is 0 Å². The van der Waals surface area contributed by atoms with E-state index in [0.29, 0.717) is 5.56 Å². The van der Waals surface area contributed by atoms with Crippen LogP contribution in [-0.4, -0.2) is 40.5 Å². The summed E-state index contributed by atoms with van der Waals surface area (Å²) in [5.41, 5.74) is 1.32. The van der Waals surface area contributed by atoms with Gasteiger partial charge in [0, 0.05) is 12.2 Å². The van der Waals surface area contributed by atoms with Crippen molar-refractivity contribution < 1.29 is 29.3 Å². The molecule has 0 spiro atoms. The van der Waals surface area contributed by atoms with Crippen LogP contribution in [0.4, 0.5) is 0 Å². The average molecular weight is 380 g/mol. The van der Waals surface area contributed by atoms with Gasteiger partial charge >= 0.3 is 11.9 Å². The van der Waals surface area contributed by atoms with E-state index in [4.69, 9.17) is 9.47 Å². The summed E-state index contributed by atoms with van der Waals surface area (Å²) in [5, 5.41) is 21.0. The normalized spacial score (nSPS) is 19.2. The van der Waals surface area contributed by atoms with Crippen molar-refractivity contribution in [3.05, 3.63) is 90.0 Å². The largest absolute Gasteiger partial charge is 0.452 e. The van der Waals surface area contributed by atoms with Crippen molar-refractivity contribution in [2.75, 3.05) is 0 Å². The molecule has 0 aromatic heterocycles. The topological polar surface area (TPSA) is 93.1 Å². The molecular weight excluding hydrogens is 360 g/mol. The Morgan fingerprint density at radius 2 is 1.68 bits per heavy atom. The summed E-state index contributed by atoms with van der Waals surface area (Å²) in [4.78, 5) is 23.5. The van der Waals surface area contributed by atoms with Gasteiger partial charge in [-0.1, -0.05) is 60.7 Å². The molecule has 6 heteroatoms. The molecule has 2 N–H and O–H groups in total. The summed E-state index contributed by atoms with van der Waals surface area (Å²) >= 11 is 0. The molecule has 6 nitrogen and oxygen atoms in total. The highest BCUT2D eigenvalue weighted by Gasteiger charge is 2.37. The SMILES string of the molecule is O=C1C=C[C@H]([C@H](O)[C@@H](O)[C@@H](OC(=O)/C=C/c2ccccc2)c2ccccc2)O1. The summed E-state index contributed by atoms with van der Waals surface area (Å²) in [6, 6.07) is 17.8. The van der Waals surface area contributed by atoms with Crippen LogP contribution in [0.3, 0.4) is 0 Å². The van der Waals surface area contributed by atoms with Crippen molar-refractivity contribution in [1.82, 2.24) is 0 Å². The monoisotopic (exact) mass is 380 g/mol. The molecule has 0 amide bonds. The zero-order valence-electron chi connectivity index (χ0n) is 14.9. The molecule has 1 aliphatic heterocycles. The second kappa shape index (κ2) is 9.12. The van der Waals surface area contributed by atoms with Crippen LogP contribution in [0.15, 0.2) is 78.9 Å². The lowest BCUT2D eigenvalue weighted by Crippen LogP contribution is -2.42. The Morgan fingerprint density at radius 3 is 2.29 bits per heavy atom. The minimum absolute atomic E-state index is 0.504. The fourth-order valence-corrected chi connectivity index (χ4v) is 2.81. The van der Waals surface area contributed by atoms with Crippen LogP contribution >= 0.6 is 0 Å². The van der Waals surface area contributed by atoms with E-state index in [9.17, 15) is 19.8 Å². The Hall–Kier alpha value is -3.22. The van der Waals surface area contributed by atoms with Gasteiger partial charge in [-0.05, 0) is 23.3 Å². The Bertz CT molecular complexity index is 859. The number of hydrogen-bond acceptors (Lipinski definition) is 6. The van der Waals surface area contributed by atoms with Gasteiger partial charge in [0.05, 0.1) is 0 Å². The second-order valence-corrected chi connectivity index (χ2v) is 6.25. The van der Waals surface area contributed by atoms with Crippen molar-refractivity contribution in [2.24, 2.45) is 0 Å². The highest BCUT2D eigenvalue weighted by Crippen LogP contribution is 2.27. The molecule has 2 aromatic carbocycles. The smallest absolute Gasteiger partial charge is 0.331 e. The van der Waals surface area contributed by atoms with Crippen molar-refractivity contribution in [2.45, 2.75) is 24.4 Å². The van der Waals surface area contributed by atoms with Crippen LogP contribution in [0, 0.1) is 0 Å². The number of aliphatic hydroxyl groups excluding tert-OH is 2. The molecule has 0 aliphatic carbocycles. The second-order valence-electron chi connectivity index (χ2n) is 6.25. The van der Waals surface area contributed by atoms with Crippen LogP contribution in [0.1, 0.15) is 17.2 Å². The molecule has 0 bridgehead atoms. The van der Waals surface area contributed by atoms with Gasteiger partial charge < -0.3 is 19.7 Å². The Kier molecular flexibility index (Phi) is 6.37. The van der Waals surface area contributed by atoms with Gasteiger partial charge in [-0.3, -0.25) is 0 Å². The highest BCUT2D eigenvalue weighted by molar-refractivity contribution is 5.87. The molecular formula is C22H20O6. The molecule has 4 atom stereocenters. The lowest BCUT2D eigenvalue weighted by atomic mass is 9.97. The van der Waals surface area contributed by atoms with Crippen LogP contribution in [0.2, 0.25) is 0 Å². The summed E-state index contributed by atoms with van der Waals surface area (Å²) < 4.78 is 10.4. The van der Waals surface area contributed by atoms with E-state index in [1.54, 1.807) is 36.4 Å². The van der Waals surface area contributed by atoms with Gasteiger partial charge in [-0.25, -0.2) is 9.59 Å². The third kappa shape index (κ3) is 4.94. The first-order valence-corrected chi connectivity index (χ1v) is 8.78. The fourth-order valence-electron chi connectivity index (χ4n) is 2.81. The van der Waals surface area contributed by atoms with Crippen molar-refractivity contribution in [1.29, 1.82) is 0 Å². The number of benzene rings is 2. The fraction of sp³-hybridized carbons (Fsp3) is 0.182. The molecule has 1 aliphatic rings. The van der Waals surface area contributed by atoms with E-state index in [1.165, 1.54) is 18.2 Å². The molecule has 3 rings (SSSR count). The van der Waals surface area contributed by atoms with Crippen LogP contribution < -0.4 is 0 Å². The van der Waals surface area contributed by atoms with Gasteiger partial charge in [-0.15, -0.1) is 0 Å². The van der Waals surface area contributed by atoms with Crippen LogP contribution in [0.25, 0.3) is 6.08 Å². The quantitative estimate of drug-likeness (QED) is 0.565. The number of carbonyl (C=O) groups is 2. The first kappa shape index (κ1) is 19.5. The summed E-state index contributed by atoms with van der Waals surface area (Å²) in [5.74, 6) is -1.28. The van der Waals surface area contributed by atoms with E-state index in [0.717, 1.165) is 5.56 Å². The molecule has 0 saturated carbocycles. The maximum Gasteiger partial charge on any atom is 0.331 e. The Labute approximate surface area is 162 Å². The number of esters is 2. The number of cyclic esters (lactones) is 1. The average Bonchev–Trinajstić information content (AvgIpc) is 3.17. The Balaban J connectivity index is 1.75. The third-order valence-corrected chi connectivity index (χ3v) is 4.25. The van der Waals surface area contributed by atoms with Gasteiger partial charge in [-0.2, -0.15) is 0 Å². The van der Waals surface area contributed by atoms with Gasteiger partial charge in [0.15, 0.2) is 6.10 Å². The van der Waals surface area contributed by atoms with Crippen LogP contribution in [0.5, 0.6) is 0 Å². The predicted octanol–water partition coefficient (Wildman–Crippen LogP) is 2.19. The van der Waals surface area contributed by atoms with E-state index in [1.807, 2.05) is 30.3 Å². The number of rotatable bonds is 7. The Morgan fingerprint density at radius 1 is 1.04 bits per heavy atom. The lowest BCUT2D eigenvalue weighted by Gasteiger charge is -2.28. The number of hydrogen-bond donors (Lipinski definition) is 2. The van der Waals surface area contributed by atoms with E-state index >= 15 is 0 Å². The third-order valence-electron chi connectivity index (χ3n) is 4.25. The number of ether oxygens (including phenoxy) is 2. The standard InChI is InChI=1S/C22H20O6/c23-18-14-12-17(27-18)20(25)21(26)22(16-9-5-2-6-10-16)28-19(24)13-11-15-7-3-1-4-8-15/h1-14,17,20-22,25-26H/b13-11+/t17-,20+,21-,22+/m1/s1. The predicted molar refractivity (Wildman–Crippen MR) is 102 cm³/mol. The highest BCUT2D eigenvalue weighted by atomic mass is 16.6. The number of aliphatic hydroxyl groups is 2. The van der Waals surface area contributed by atoms with Gasteiger partial charge in [0.1, 0.15) is 18.3 Å². The van der Waals surface area contributed by atoms with Gasteiger partial charge in [0.25, 0.3) is 0 Å². The van der Waals surface area contributed by atoms with E-state index in [-0.39, 0.29) is 0 Å². The number of carbonyl (C=O) groups excluding carboxylic acids is 2. The molecule has 144 valence electrons.